The van der Waals surface area contributed by atoms with Gasteiger partial charge in [0.15, 0.2) is 5.96 Å². The highest BCUT2D eigenvalue weighted by molar-refractivity contribution is 5.79. The van der Waals surface area contributed by atoms with E-state index in [1.807, 2.05) is 39.0 Å². The van der Waals surface area contributed by atoms with Crippen LogP contribution >= 0.6 is 0 Å². The lowest BCUT2D eigenvalue weighted by Crippen LogP contribution is -2.44. The summed E-state index contributed by atoms with van der Waals surface area (Å²) in [4.78, 5) is 17.9. The molecule has 0 aromatic heterocycles. The number of nitrogens with one attached hydrogen (secondary N) is 3. The second-order valence-electron chi connectivity index (χ2n) is 6.61. The molecule has 0 unspecified atom stereocenters. The first-order chi connectivity index (χ1) is 11.8. The van der Waals surface area contributed by atoms with Gasteiger partial charge in [-0.2, -0.15) is 0 Å². The van der Waals surface area contributed by atoms with Gasteiger partial charge in [0.2, 0.25) is 0 Å². The molecule has 1 aromatic rings. The normalized spacial score (nSPS) is 11.6. The first-order valence-electron chi connectivity index (χ1n) is 8.49. The van der Waals surface area contributed by atoms with E-state index < -0.39 is 11.7 Å². The van der Waals surface area contributed by atoms with Gasteiger partial charge in [0.25, 0.3) is 0 Å². The number of alkyl carbamates (subject to hydrolysis) is 1. The van der Waals surface area contributed by atoms with E-state index in [1.54, 1.807) is 7.05 Å². The number of carbonyl (C=O) groups is 1. The van der Waals surface area contributed by atoms with Crippen LogP contribution in [0.3, 0.4) is 0 Å². The molecule has 0 heterocycles. The minimum Gasteiger partial charge on any atom is -0.444 e. The Morgan fingerprint density at radius 1 is 1.08 bits per heavy atom. The van der Waals surface area contributed by atoms with Crippen molar-refractivity contribution in [2.45, 2.75) is 26.4 Å². The van der Waals surface area contributed by atoms with Gasteiger partial charge in [-0.15, -0.1) is 0 Å². The summed E-state index contributed by atoms with van der Waals surface area (Å²) in [6, 6.07) is 10.2. The van der Waals surface area contributed by atoms with Crippen molar-refractivity contribution in [3.8, 4) is 0 Å². The van der Waals surface area contributed by atoms with E-state index >= 15 is 0 Å². The standard InChI is InChI=1S/C18H31N5O2/c1-18(2,3)25-17(24)22-12-11-20-16(19-4)21-13-14-23(5)15-9-7-6-8-10-15/h6-10H,11-14H2,1-5H3,(H,22,24)(H2,19,20,21). The van der Waals surface area contributed by atoms with Crippen LogP contribution in [0.2, 0.25) is 0 Å². The Labute approximate surface area is 150 Å². The van der Waals surface area contributed by atoms with E-state index in [9.17, 15) is 4.79 Å². The van der Waals surface area contributed by atoms with Crippen molar-refractivity contribution in [2.75, 3.05) is 45.2 Å². The Morgan fingerprint density at radius 2 is 1.68 bits per heavy atom. The molecule has 140 valence electrons. The van der Waals surface area contributed by atoms with Gasteiger partial charge in [-0.1, -0.05) is 18.2 Å². The molecule has 0 aliphatic heterocycles. The van der Waals surface area contributed by atoms with Crippen molar-refractivity contribution in [3.05, 3.63) is 30.3 Å². The highest BCUT2D eigenvalue weighted by Gasteiger charge is 2.15. The fourth-order valence-corrected chi connectivity index (χ4v) is 2.03. The van der Waals surface area contributed by atoms with Crippen LogP contribution in [-0.4, -0.2) is 57.9 Å². The maximum Gasteiger partial charge on any atom is 0.407 e. The average Bonchev–Trinajstić information content (AvgIpc) is 2.56. The number of rotatable bonds is 7. The Kier molecular flexibility index (Phi) is 8.60. The molecule has 0 radical (unpaired) electrons. The minimum atomic E-state index is -0.486. The molecule has 7 nitrogen and oxygen atoms in total. The number of benzene rings is 1. The molecule has 25 heavy (non-hydrogen) atoms. The van der Waals surface area contributed by atoms with Crippen LogP contribution in [0.5, 0.6) is 0 Å². The third kappa shape index (κ3) is 9.44. The number of ether oxygens (including phenoxy) is 1. The van der Waals surface area contributed by atoms with Crippen molar-refractivity contribution in [2.24, 2.45) is 4.99 Å². The van der Waals surface area contributed by atoms with Crippen LogP contribution in [-0.2, 0) is 4.74 Å². The summed E-state index contributed by atoms with van der Waals surface area (Å²) in [5.74, 6) is 0.701. The average molecular weight is 349 g/mol. The number of hydrogen-bond donors (Lipinski definition) is 3. The summed E-state index contributed by atoms with van der Waals surface area (Å²) < 4.78 is 5.18. The highest BCUT2D eigenvalue weighted by atomic mass is 16.6. The fourth-order valence-electron chi connectivity index (χ4n) is 2.03. The summed E-state index contributed by atoms with van der Waals surface area (Å²) in [6.07, 6.45) is -0.415. The van der Waals surface area contributed by atoms with Crippen LogP contribution in [0, 0.1) is 0 Å². The van der Waals surface area contributed by atoms with Gasteiger partial charge in [0.1, 0.15) is 5.60 Å². The van der Waals surface area contributed by atoms with E-state index in [-0.39, 0.29) is 0 Å². The molecule has 0 atom stereocenters. The number of para-hydroxylation sites is 1. The van der Waals surface area contributed by atoms with Gasteiger partial charge in [0, 0.05) is 46.0 Å². The van der Waals surface area contributed by atoms with Gasteiger partial charge in [-0.05, 0) is 32.9 Å². The van der Waals surface area contributed by atoms with E-state index in [0.717, 1.165) is 13.1 Å². The van der Waals surface area contributed by atoms with Gasteiger partial charge < -0.3 is 25.6 Å². The molecule has 0 bridgehead atoms. The number of carbonyl (C=O) groups excluding carboxylic acids is 1. The van der Waals surface area contributed by atoms with Crippen molar-refractivity contribution in [1.82, 2.24) is 16.0 Å². The molecule has 0 aliphatic rings. The second-order valence-corrected chi connectivity index (χ2v) is 6.61. The van der Waals surface area contributed by atoms with Crippen LogP contribution in [0.15, 0.2) is 35.3 Å². The van der Waals surface area contributed by atoms with Crippen molar-refractivity contribution in [1.29, 1.82) is 0 Å². The zero-order chi connectivity index (χ0) is 18.7. The van der Waals surface area contributed by atoms with Crippen LogP contribution in [0.1, 0.15) is 20.8 Å². The molecule has 0 aliphatic carbocycles. The van der Waals surface area contributed by atoms with Gasteiger partial charge in [-0.3, -0.25) is 4.99 Å². The van der Waals surface area contributed by atoms with Crippen molar-refractivity contribution < 1.29 is 9.53 Å². The van der Waals surface area contributed by atoms with Crippen molar-refractivity contribution in [3.63, 3.8) is 0 Å². The van der Waals surface area contributed by atoms with E-state index in [0.29, 0.717) is 19.0 Å². The molecule has 0 spiro atoms. The largest absolute Gasteiger partial charge is 0.444 e. The maximum atomic E-state index is 11.5. The van der Waals surface area contributed by atoms with E-state index in [4.69, 9.17) is 4.74 Å². The first kappa shape index (κ1) is 20.6. The quantitative estimate of drug-likeness (QED) is 0.398. The second kappa shape index (κ2) is 10.4. The summed E-state index contributed by atoms with van der Waals surface area (Å²) >= 11 is 0. The summed E-state index contributed by atoms with van der Waals surface area (Å²) in [7, 11) is 3.77. The van der Waals surface area contributed by atoms with Gasteiger partial charge in [0.05, 0.1) is 0 Å². The minimum absolute atomic E-state index is 0.415. The lowest BCUT2D eigenvalue weighted by atomic mass is 10.2. The number of likely N-dealkylation sites (N-methyl/N-ethyl adjacent to an activating group) is 1. The molecule has 0 saturated carbocycles. The number of guanidine groups is 1. The van der Waals surface area contributed by atoms with Crippen molar-refractivity contribution >= 4 is 17.7 Å². The van der Waals surface area contributed by atoms with Gasteiger partial charge in [-0.25, -0.2) is 4.79 Å². The first-order valence-corrected chi connectivity index (χ1v) is 8.49. The molecule has 1 aromatic carbocycles. The molecule has 7 heteroatoms. The number of aliphatic imine (C=N–C) groups is 1. The van der Waals surface area contributed by atoms with Gasteiger partial charge >= 0.3 is 6.09 Å². The number of hydrogen-bond acceptors (Lipinski definition) is 4. The zero-order valence-electron chi connectivity index (χ0n) is 15.9. The Balaban J connectivity index is 2.19. The third-order valence-electron chi connectivity index (χ3n) is 3.25. The Morgan fingerprint density at radius 3 is 2.28 bits per heavy atom. The van der Waals surface area contributed by atoms with E-state index in [2.05, 4.69) is 45.0 Å². The topological polar surface area (TPSA) is 78.0 Å². The number of amides is 1. The highest BCUT2D eigenvalue weighted by Crippen LogP contribution is 2.09. The lowest BCUT2D eigenvalue weighted by molar-refractivity contribution is 0.0529. The maximum absolute atomic E-state index is 11.5. The predicted molar refractivity (Wildman–Crippen MR) is 103 cm³/mol. The molecule has 0 saturated heterocycles. The number of nitrogens with zero attached hydrogens (tertiary/aromatic N) is 2. The summed E-state index contributed by atoms with van der Waals surface area (Å²) in [5.41, 5.74) is 0.689. The zero-order valence-corrected chi connectivity index (χ0v) is 15.9. The Bertz CT molecular complexity index is 540. The van der Waals surface area contributed by atoms with Crippen LogP contribution in [0.25, 0.3) is 0 Å². The SMILES string of the molecule is CN=C(NCCNC(=O)OC(C)(C)C)NCCN(C)c1ccccc1. The summed E-state index contributed by atoms with van der Waals surface area (Å²) in [5, 5.41) is 9.10. The smallest absolute Gasteiger partial charge is 0.407 e. The molecular formula is C18H31N5O2. The van der Waals surface area contributed by atoms with Crippen LogP contribution < -0.4 is 20.9 Å². The molecule has 1 rings (SSSR count). The Hall–Kier alpha value is -2.44. The molecule has 1 amide bonds. The summed E-state index contributed by atoms with van der Waals surface area (Å²) in [6.45, 7) is 8.13. The lowest BCUT2D eigenvalue weighted by Gasteiger charge is -2.21. The molecule has 0 fully saturated rings. The molecular weight excluding hydrogens is 318 g/mol. The number of anilines is 1. The van der Waals surface area contributed by atoms with E-state index in [1.165, 1.54) is 5.69 Å². The van der Waals surface area contributed by atoms with Crippen LogP contribution in [0.4, 0.5) is 10.5 Å². The fraction of sp³-hybridized carbons (Fsp3) is 0.556. The monoisotopic (exact) mass is 349 g/mol. The predicted octanol–water partition coefficient (Wildman–Crippen LogP) is 1.81. The molecule has 3 N–H and O–H groups in total. The third-order valence-corrected chi connectivity index (χ3v) is 3.25.